The molecule has 14 heteroatoms. The molecule has 3 amide bonds. The van der Waals surface area contributed by atoms with Gasteiger partial charge in [0.1, 0.15) is 43.1 Å². The van der Waals surface area contributed by atoms with Crippen molar-refractivity contribution in [1.82, 2.24) is 15.5 Å². The van der Waals surface area contributed by atoms with Crippen molar-refractivity contribution in [3.8, 4) is 0 Å². The fourth-order valence-corrected chi connectivity index (χ4v) is 5.72. The van der Waals surface area contributed by atoms with E-state index in [2.05, 4.69) is 10.6 Å². The average Bonchev–Trinajstić information content (AvgIpc) is 3.46. The predicted molar refractivity (Wildman–Crippen MR) is 166 cm³/mol. The van der Waals surface area contributed by atoms with Crippen LogP contribution in [-0.4, -0.2) is 102 Å². The molecule has 14 nitrogen and oxygen atoms in total. The van der Waals surface area contributed by atoms with Crippen LogP contribution in [0.25, 0.3) is 0 Å². The van der Waals surface area contributed by atoms with Gasteiger partial charge in [0.05, 0.1) is 19.6 Å². The molecule has 1 unspecified atom stereocenters. The van der Waals surface area contributed by atoms with Gasteiger partial charge in [0.25, 0.3) is 0 Å². The van der Waals surface area contributed by atoms with Crippen molar-refractivity contribution in [3.05, 3.63) is 35.9 Å². The summed E-state index contributed by atoms with van der Waals surface area (Å²) < 4.78 is 41.5. The van der Waals surface area contributed by atoms with Crippen LogP contribution in [0.15, 0.2) is 30.3 Å². The van der Waals surface area contributed by atoms with E-state index in [-0.39, 0.29) is 19.8 Å². The number of fused-ring (bicyclic) bond motifs is 3. The Morgan fingerprint density at radius 2 is 1.53 bits per heavy atom. The number of hydrogen-bond donors (Lipinski definition) is 2. The van der Waals surface area contributed by atoms with Crippen molar-refractivity contribution in [2.45, 2.75) is 135 Å². The first-order valence-corrected chi connectivity index (χ1v) is 16.0. The highest BCUT2D eigenvalue weighted by atomic mass is 16.9. The van der Waals surface area contributed by atoms with Crippen molar-refractivity contribution in [3.63, 3.8) is 0 Å². The van der Waals surface area contributed by atoms with Gasteiger partial charge >= 0.3 is 18.0 Å². The second-order valence-corrected chi connectivity index (χ2v) is 13.9. The average molecular weight is 664 g/mol. The van der Waals surface area contributed by atoms with Gasteiger partial charge in [-0.1, -0.05) is 30.3 Å². The van der Waals surface area contributed by atoms with Gasteiger partial charge in [-0.15, -0.1) is 0 Å². The predicted octanol–water partition coefficient (Wildman–Crippen LogP) is 2.76. The highest BCUT2D eigenvalue weighted by Crippen LogP contribution is 2.44. The van der Waals surface area contributed by atoms with Crippen molar-refractivity contribution in [2.24, 2.45) is 0 Å². The first kappa shape index (κ1) is 36.5. The second-order valence-electron chi connectivity index (χ2n) is 13.9. The summed E-state index contributed by atoms with van der Waals surface area (Å²) in [5, 5.41) is 5.50. The number of hydrogen-bond acceptors (Lipinski definition) is 11. The molecule has 3 heterocycles. The van der Waals surface area contributed by atoms with Gasteiger partial charge in [-0.25, -0.2) is 9.59 Å². The number of carbonyl (C=O) groups is 4. The van der Waals surface area contributed by atoms with Crippen LogP contribution in [0.3, 0.4) is 0 Å². The Kier molecular flexibility index (Phi) is 11.2. The molecule has 0 spiro atoms. The maximum absolute atomic E-state index is 14.0. The zero-order valence-corrected chi connectivity index (χ0v) is 28.7. The maximum atomic E-state index is 14.0. The summed E-state index contributed by atoms with van der Waals surface area (Å²) in [6.07, 6.45) is -4.14. The summed E-state index contributed by atoms with van der Waals surface area (Å²) in [6.45, 7) is 15.4. The van der Waals surface area contributed by atoms with Gasteiger partial charge in [0, 0.05) is 5.54 Å². The van der Waals surface area contributed by atoms with Crippen LogP contribution in [0, 0.1) is 0 Å². The third-order valence-electron chi connectivity index (χ3n) is 7.65. The van der Waals surface area contributed by atoms with Gasteiger partial charge in [-0.05, 0) is 67.9 Å². The quantitative estimate of drug-likeness (QED) is 0.335. The Balaban J connectivity index is 1.61. The molecule has 1 aromatic carbocycles. The second kappa shape index (κ2) is 14.4. The molecule has 3 fully saturated rings. The van der Waals surface area contributed by atoms with Crippen molar-refractivity contribution in [2.75, 3.05) is 13.2 Å². The number of amides is 3. The molecule has 2 N–H and O–H groups in total. The highest BCUT2D eigenvalue weighted by Gasteiger charge is 2.61. The van der Waals surface area contributed by atoms with Crippen molar-refractivity contribution >= 4 is 23.9 Å². The number of ether oxygens (including phenoxy) is 7. The van der Waals surface area contributed by atoms with E-state index in [1.54, 1.807) is 55.4 Å². The number of benzene rings is 1. The topological polar surface area (TPSA) is 160 Å². The molecule has 3 aliphatic heterocycles. The fraction of sp³-hybridized carbons (Fsp3) is 0.697. The summed E-state index contributed by atoms with van der Waals surface area (Å²) in [5.74, 6) is -4.13. The van der Waals surface area contributed by atoms with Crippen LogP contribution in [-0.2, 0) is 54.1 Å². The van der Waals surface area contributed by atoms with E-state index in [1.807, 2.05) is 30.3 Å². The van der Waals surface area contributed by atoms with Gasteiger partial charge in [0.2, 0.25) is 5.91 Å². The lowest BCUT2D eigenvalue weighted by Crippen LogP contribution is -2.63. The lowest BCUT2D eigenvalue weighted by Gasteiger charge is -2.41. The standard InChI is InChI=1S/C33H49N3O11/c1-10-41-23(37)16-21(27(38)34-19(2)28(39)42-18-20-14-12-11-13-15-20)36(30(40)35-31(3,4)5)17-22-24-25(45-32(6,7)44-24)26-29(43-22)47-33(8,9)46-26/h11-15,19,21-22,24-26,29H,10,16-18H2,1-9H3,(H,34,38)(H,35,40)/t19-,21?,22+,24-,25-,26+,29+/m0/s1. The van der Waals surface area contributed by atoms with E-state index >= 15 is 0 Å². The number of nitrogens with one attached hydrogen (secondary N) is 2. The first-order valence-electron chi connectivity index (χ1n) is 16.0. The number of urea groups is 1. The number of carbonyl (C=O) groups excluding carboxylic acids is 4. The number of esters is 2. The smallest absolute Gasteiger partial charge is 0.328 e. The highest BCUT2D eigenvalue weighted by molar-refractivity contribution is 5.93. The zero-order chi connectivity index (χ0) is 34.7. The van der Waals surface area contributed by atoms with Crippen LogP contribution in [0.5, 0.6) is 0 Å². The lowest BCUT2D eigenvalue weighted by atomic mass is 9.97. The largest absolute Gasteiger partial charge is 0.466 e. The Morgan fingerprint density at radius 3 is 2.17 bits per heavy atom. The molecule has 0 radical (unpaired) electrons. The Bertz CT molecular complexity index is 1280. The normalized spacial score (nSPS) is 27.0. The molecular weight excluding hydrogens is 614 g/mol. The first-order chi connectivity index (χ1) is 21.9. The monoisotopic (exact) mass is 663 g/mol. The summed E-state index contributed by atoms with van der Waals surface area (Å²) in [7, 11) is 0. The van der Waals surface area contributed by atoms with E-state index in [0.717, 1.165) is 5.56 Å². The summed E-state index contributed by atoms with van der Waals surface area (Å²) >= 11 is 0. The van der Waals surface area contributed by atoms with Crippen LogP contribution >= 0.6 is 0 Å². The van der Waals surface area contributed by atoms with Crippen LogP contribution in [0.1, 0.15) is 74.3 Å². The molecule has 0 aromatic heterocycles. The maximum Gasteiger partial charge on any atom is 0.328 e. The van der Waals surface area contributed by atoms with Crippen molar-refractivity contribution < 1.29 is 52.3 Å². The Morgan fingerprint density at radius 1 is 0.915 bits per heavy atom. The van der Waals surface area contributed by atoms with Gasteiger partial charge in [-0.2, -0.15) is 0 Å². The van der Waals surface area contributed by atoms with Gasteiger partial charge in [0.15, 0.2) is 17.9 Å². The minimum absolute atomic E-state index is 0.0109. The molecule has 3 saturated heterocycles. The Labute approximate surface area is 276 Å². The Hall–Kier alpha value is -3.30. The molecule has 0 aliphatic carbocycles. The van der Waals surface area contributed by atoms with Crippen LogP contribution < -0.4 is 10.6 Å². The molecule has 3 aliphatic rings. The zero-order valence-electron chi connectivity index (χ0n) is 28.7. The third kappa shape index (κ3) is 9.63. The molecule has 0 saturated carbocycles. The summed E-state index contributed by atoms with van der Waals surface area (Å²) in [4.78, 5) is 54.8. The van der Waals surface area contributed by atoms with E-state index in [1.165, 1.54) is 11.8 Å². The van der Waals surface area contributed by atoms with Gasteiger partial charge < -0.3 is 48.7 Å². The van der Waals surface area contributed by atoms with Gasteiger partial charge in [-0.3, -0.25) is 9.59 Å². The molecular formula is C33H49N3O11. The molecule has 7 atom stereocenters. The molecule has 262 valence electrons. The van der Waals surface area contributed by atoms with Crippen molar-refractivity contribution in [1.29, 1.82) is 0 Å². The summed E-state index contributed by atoms with van der Waals surface area (Å²) in [6, 6.07) is 5.94. The third-order valence-corrected chi connectivity index (χ3v) is 7.65. The summed E-state index contributed by atoms with van der Waals surface area (Å²) in [5.41, 5.74) is 0.0657. The van der Waals surface area contributed by atoms with Crippen LogP contribution in [0.2, 0.25) is 0 Å². The van der Waals surface area contributed by atoms with Crippen LogP contribution in [0.4, 0.5) is 4.79 Å². The van der Waals surface area contributed by atoms with E-state index in [4.69, 9.17) is 33.2 Å². The molecule has 4 rings (SSSR count). The van der Waals surface area contributed by atoms with E-state index in [0.29, 0.717) is 0 Å². The molecule has 1 aromatic rings. The minimum atomic E-state index is -1.41. The SMILES string of the molecule is CCOC(=O)CC(C(=O)N[C@@H](C)C(=O)OCc1ccccc1)N(C[C@H]1O[C@@H]2OC(C)(C)O[C@@H]2[C@H]2OC(C)(C)O[C@H]21)C(=O)NC(C)(C)C. The number of nitrogens with zero attached hydrogens (tertiary/aromatic N) is 1. The number of rotatable bonds is 11. The van der Waals surface area contributed by atoms with E-state index in [9.17, 15) is 19.2 Å². The molecule has 47 heavy (non-hydrogen) atoms. The lowest BCUT2D eigenvalue weighted by molar-refractivity contribution is -0.236. The fourth-order valence-electron chi connectivity index (χ4n) is 5.72. The minimum Gasteiger partial charge on any atom is -0.466 e. The molecule has 0 bridgehead atoms. The van der Waals surface area contributed by atoms with E-state index < -0.39 is 90.2 Å².